The Balaban J connectivity index is 2.13. The van der Waals surface area contributed by atoms with Crippen LogP contribution in [0.1, 0.15) is 34.0 Å². The normalized spacial score (nSPS) is 16.5. The van der Waals surface area contributed by atoms with E-state index in [1.54, 1.807) is 6.07 Å². The largest absolute Gasteiger partial charge is 0.493 e. The first-order chi connectivity index (χ1) is 11.2. The van der Waals surface area contributed by atoms with Crippen LogP contribution in [-0.4, -0.2) is 25.1 Å². The van der Waals surface area contributed by atoms with Crippen LogP contribution in [0.5, 0.6) is 17.2 Å². The highest BCUT2D eigenvalue weighted by Gasteiger charge is 2.34. The molecule has 1 heterocycles. The molecule has 0 radical (unpaired) electrons. The first-order valence-corrected chi connectivity index (χ1v) is 7.33. The molecule has 2 aromatic carbocycles. The molecule has 1 atom stereocenters. The van der Waals surface area contributed by atoms with Gasteiger partial charge in [0.2, 0.25) is 5.75 Å². The second-order valence-electron chi connectivity index (χ2n) is 5.28. The molecule has 1 unspecified atom stereocenters. The summed E-state index contributed by atoms with van der Waals surface area (Å²) in [5, 5.41) is 9.57. The fourth-order valence-corrected chi connectivity index (χ4v) is 2.86. The SMILES string of the molecule is COc1cc(CO)c2c(c1OC)OC(c1ccccc1)CC2=O. The molecule has 1 aliphatic rings. The lowest BCUT2D eigenvalue weighted by atomic mass is 9.92. The summed E-state index contributed by atoms with van der Waals surface area (Å²) in [5.74, 6) is 1.05. The third-order valence-electron chi connectivity index (χ3n) is 3.96. The van der Waals surface area contributed by atoms with Crippen molar-refractivity contribution in [3.05, 3.63) is 53.1 Å². The van der Waals surface area contributed by atoms with Crippen molar-refractivity contribution in [2.45, 2.75) is 19.1 Å². The van der Waals surface area contributed by atoms with Gasteiger partial charge >= 0.3 is 0 Å². The fraction of sp³-hybridized carbons (Fsp3) is 0.278. The summed E-state index contributed by atoms with van der Waals surface area (Å²) in [6.07, 6.45) is -0.164. The maximum atomic E-state index is 12.6. The van der Waals surface area contributed by atoms with Gasteiger partial charge in [0.15, 0.2) is 17.3 Å². The van der Waals surface area contributed by atoms with Crippen molar-refractivity contribution in [2.24, 2.45) is 0 Å². The first kappa shape index (κ1) is 15.4. The molecule has 0 aliphatic carbocycles. The van der Waals surface area contributed by atoms with Crippen LogP contribution < -0.4 is 14.2 Å². The molecule has 0 bridgehead atoms. The maximum absolute atomic E-state index is 12.6. The van der Waals surface area contributed by atoms with Crippen molar-refractivity contribution in [2.75, 3.05) is 14.2 Å². The van der Waals surface area contributed by atoms with Crippen LogP contribution in [-0.2, 0) is 6.61 Å². The van der Waals surface area contributed by atoms with Crippen molar-refractivity contribution in [3.63, 3.8) is 0 Å². The Hall–Kier alpha value is -2.53. The van der Waals surface area contributed by atoms with Crippen molar-refractivity contribution < 1.29 is 24.1 Å². The molecule has 5 heteroatoms. The summed E-state index contributed by atoms with van der Waals surface area (Å²) in [4.78, 5) is 12.6. The van der Waals surface area contributed by atoms with E-state index in [9.17, 15) is 9.90 Å². The van der Waals surface area contributed by atoms with E-state index in [1.165, 1.54) is 14.2 Å². The zero-order valence-corrected chi connectivity index (χ0v) is 13.0. The number of aliphatic hydroxyl groups is 1. The molecule has 0 amide bonds. The molecule has 0 saturated carbocycles. The standard InChI is InChI=1S/C18H18O5/c1-21-15-8-12(10-19)16-13(20)9-14(11-6-4-3-5-7-11)23-18(16)17(15)22-2/h3-8,14,19H,9-10H2,1-2H3. The minimum Gasteiger partial charge on any atom is -0.493 e. The van der Waals surface area contributed by atoms with Crippen LogP contribution in [0.25, 0.3) is 0 Å². The van der Waals surface area contributed by atoms with Crippen LogP contribution in [0.2, 0.25) is 0 Å². The molecule has 1 aliphatic heterocycles. The third-order valence-corrected chi connectivity index (χ3v) is 3.96. The van der Waals surface area contributed by atoms with E-state index in [0.717, 1.165) is 5.56 Å². The molecule has 120 valence electrons. The number of fused-ring (bicyclic) bond motifs is 1. The molecule has 5 nitrogen and oxygen atoms in total. The van der Waals surface area contributed by atoms with Gasteiger partial charge in [-0.3, -0.25) is 4.79 Å². The Bertz CT molecular complexity index is 724. The van der Waals surface area contributed by atoms with Gasteiger partial charge in [0.1, 0.15) is 6.10 Å². The number of Topliss-reactive ketones (excluding diaryl/α,β-unsaturated/α-hetero) is 1. The van der Waals surface area contributed by atoms with Crippen molar-refractivity contribution >= 4 is 5.78 Å². The van der Waals surface area contributed by atoms with E-state index in [2.05, 4.69) is 0 Å². The third kappa shape index (κ3) is 2.64. The quantitative estimate of drug-likeness (QED) is 0.940. The van der Waals surface area contributed by atoms with Gasteiger partial charge in [0.25, 0.3) is 0 Å². The average Bonchev–Trinajstić information content (AvgIpc) is 2.60. The summed E-state index contributed by atoms with van der Waals surface area (Å²) in [6.45, 7) is -0.270. The molecule has 1 N–H and O–H groups in total. The highest BCUT2D eigenvalue weighted by Crippen LogP contribution is 2.47. The van der Waals surface area contributed by atoms with Crippen LogP contribution >= 0.6 is 0 Å². The number of ketones is 1. The number of hydrogen-bond donors (Lipinski definition) is 1. The summed E-state index contributed by atoms with van der Waals surface area (Å²) in [5.41, 5.74) is 1.77. The van der Waals surface area contributed by atoms with Crippen molar-refractivity contribution in [3.8, 4) is 17.2 Å². The van der Waals surface area contributed by atoms with Crippen molar-refractivity contribution in [1.29, 1.82) is 0 Å². The molecular weight excluding hydrogens is 296 g/mol. The van der Waals surface area contributed by atoms with Crippen LogP contribution in [0.3, 0.4) is 0 Å². The maximum Gasteiger partial charge on any atom is 0.204 e. The van der Waals surface area contributed by atoms with Crippen molar-refractivity contribution in [1.82, 2.24) is 0 Å². The van der Waals surface area contributed by atoms with Gasteiger partial charge in [-0.25, -0.2) is 0 Å². The molecule has 0 aromatic heterocycles. The van der Waals surface area contributed by atoms with Crippen LogP contribution in [0.4, 0.5) is 0 Å². The lowest BCUT2D eigenvalue weighted by Gasteiger charge is -2.29. The lowest BCUT2D eigenvalue weighted by molar-refractivity contribution is 0.0835. The average molecular weight is 314 g/mol. The molecule has 23 heavy (non-hydrogen) atoms. The Morgan fingerprint density at radius 3 is 2.57 bits per heavy atom. The van der Waals surface area contributed by atoms with E-state index in [4.69, 9.17) is 14.2 Å². The summed E-state index contributed by atoms with van der Waals surface area (Å²) < 4.78 is 16.7. The molecular formula is C18H18O5. The van der Waals surface area contributed by atoms with Gasteiger partial charge in [-0.1, -0.05) is 30.3 Å². The zero-order chi connectivity index (χ0) is 16.4. The van der Waals surface area contributed by atoms with Crippen LogP contribution in [0.15, 0.2) is 36.4 Å². The highest BCUT2D eigenvalue weighted by atomic mass is 16.5. The van der Waals surface area contributed by atoms with Gasteiger partial charge < -0.3 is 19.3 Å². The second-order valence-corrected chi connectivity index (χ2v) is 5.28. The summed E-state index contributed by atoms with van der Waals surface area (Å²) >= 11 is 0. The fourth-order valence-electron chi connectivity index (χ4n) is 2.86. The Labute approximate surface area is 134 Å². The van der Waals surface area contributed by atoms with Gasteiger partial charge in [0.05, 0.1) is 32.8 Å². The van der Waals surface area contributed by atoms with Crippen LogP contribution in [0, 0.1) is 0 Å². The molecule has 2 aromatic rings. The number of rotatable bonds is 4. The van der Waals surface area contributed by atoms with Gasteiger partial charge in [-0.15, -0.1) is 0 Å². The monoisotopic (exact) mass is 314 g/mol. The predicted molar refractivity (Wildman–Crippen MR) is 84.2 cm³/mol. The number of carbonyl (C=O) groups is 1. The number of carbonyl (C=O) groups excluding carboxylic acids is 1. The zero-order valence-electron chi connectivity index (χ0n) is 13.0. The molecule has 0 spiro atoms. The van der Waals surface area contributed by atoms with E-state index in [-0.39, 0.29) is 24.9 Å². The minimum absolute atomic E-state index is 0.0786. The molecule has 3 rings (SSSR count). The van der Waals surface area contributed by atoms with Gasteiger partial charge in [-0.2, -0.15) is 0 Å². The Kier molecular flexibility index (Phi) is 4.21. The number of benzene rings is 2. The predicted octanol–water partition coefficient (Wildman–Crippen LogP) is 2.90. The number of ether oxygens (including phenoxy) is 3. The number of aliphatic hydroxyl groups excluding tert-OH is 1. The summed E-state index contributed by atoms with van der Waals surface area (Å²) in [7, 11) is 3.00. The minimum atomic E-state index is -0.385. The van der Waals surface area contributed by atoms with Gasteiger partial charge in [-0.05, 0) is 17.2 Å². The Morgan fingerprint density at radius 2 is 1.96 bits per heavy atom. The smallest absolute Gasteiger partial charge is 0.204 e. The summed E-state index contributed by atoms with van der Waals surface area (Å²) in [6, 6.07) is 11.2. The molecule has 0 fully saturated rings. The van der Waals surface area contributed by atoms with Gasteiger partial charge in [0, 0.05) is 0 Å². The number of hydrogen-bond acceptors (Lipinski definition) is 5. The van der Waals surface area contributed by atoms with E-state index >= 15 is 0 Å². The Morgan fingerprint density at radius 1 is 1.22 bits per heavy atom. The number of methoxy groups -OCH3 is 2. The first-order valence-electron chi connectivity index (χ1n) is 7.33. The topological polar surface area (TPSA) is 65.0 Å². The second kappa shape index (κ2) is 6.30. The lowest BCUT2D eigenvalue weighted by Crippen LogP contribution is -2.22. The van der Waals surface area contributed by atoms with E-state index < -0.39 is 0 Å². The molecule has 0 saturated heterocycles. The van der Waals surface area contributed by atoms with E-state index in [1.807, 2.05) is 30.3 Å². The van der Waals surface area contributed by atoms with E-state index in [0.29, 0.717) is 28.4 Å². The highest BCUT2D eigenvalue weighted by molar-refractivity contribution is 6.02.